The summed E-state index contributed by atoms with van der Waals surface area (Å²) in [5.41, 5.74) is 0. The third-order valence-electron chi connectivity index (χ3n) is 0.429. The van der Waals surface area contributed by atoms with Gasteiger partial charge >= 0.3 is 6.16 Å². The van der Waals surface area contributed by atoms with E-state index in [1.54, 1.807) is 6.92 Å². The number of hydrogen-bond acceptors (Lipinski definition) is 3. The van der Waals surface area contributed by atoms with Crippen LogP contribution in [-0.2, 0) is 28.0 Å². The molecular formula is C6H16O3V. The summed E-state index contributed by atoms with van der Waals surface area (Å²) in [5.74, 6) is 0. The molecule has 0 aliphatic carbocycles. The van der Waals surface area contributed by atoms with Crippen LogP contribution in [0, 0.1) is 0 Å². The molecule has 0 bridgehead atoms. The fourth-order valence-corrected chi connectivity index (χ4v) is 0.177. The smallest absolute Gasteiger partial charge is 0.438 e. The number of ether oxygens (including phenoxy) is 2. The average Bonchev–Trinajstić information content (AvgIpc) is 1.68. The van der Waals surface area contributed by atoms with Gasteiger partial charge in [0, 0.05) is 18.6 Å². The van der Waals surface area contributed by atoms with Gasteiger partial charge in [-0.3, -0.25) is 0 Å². The minimum Gasteiger partial charge on any atom is -0.438 e. The van der Waals surface area contributed by atoms with Crippen LogP contribution in [0.2, 0.25) is 0 Å². The van der Waals surface area contributed by atoms with Crippen LogP contribution in [-0.4, -0.2) is 19.9 Å². The van der Waals surface area contributed by atoms with Crippen molar-refractivity contribution in [2.45, 2.75) is 21.8 Å². The third-order valence-corrected chi connectivity index (χ3v) is 0.429. The Morgan fingerprint density at radius 2 is 1.80 bits per heavy atom. The molecule has 0 atom stereocenters. The molecule has 0 unspecified atom stereocenters. The van der Waals surface area contributed by atoms with Crippen LogP contribution in [0.15, 0.2) is 0 Å². The number of carbonyl (C=O) groups excluding carboxylic acids is 1. The maximum Gasteiger partial charge on any atom is 0.507 e. The molecule has 0 aromatic heterocycles. The van der Waals surface area contributed by atoms with Gasteiger partial charge in [-0.05, 0) is 6.92 Å². The molecule has 0 amide bonds. The van der Waals surface area contributed by atoms with Gasteiger partial charge in [-0.15, -0.1) is 0 Å². The largest absolute Gasteiger partial charge is 0.507 e. The van der Waals surface area contributed by atoms with Crippen LogP contribution in [0.4, 0.5) is 4.79 Å². The number of hydrogen-bond donors (Lipinski definition) is 0. The zero-order chi connectivity index (χ0) is 5.70. The van der Waals surface area contributed by atoms with Gasteiger partial charge < -0.3 is 9.47 Å². The summed E-state index contributed by atoms with van der Waals surface area (Å²) in [6.45, 7) is 2.09. The van der Waals surface area contributed by atoms with Gasteiger partial charge in [0.15, 0.2) is 0 Å². The Bertz CT molecular complexity index is 66.0. The summed E-state index contributed by atoms with van der Waals surface area (Å²) >= 11 is 0. The summed E-state index contributed by atoms with van der Waals surface area (Å²) in [6.07, 6.45) is -0.623. The second kappa shape index (κ2) is 15.9. The summed E-state index contributed by atoms with van der Waals surface area (Å²) in [5, 5.41) is 0. The van der Waals surface area contributed by atoms with Gasteiger partial charge in [-0.25, -0.2) is 4.79 Å². The molecule has 63 valence electrons. The van der Waals surface area contributed by atoms with E-state index in [0.717, 1.165) is 0 Å². The molecule has 0 N–H and O–H groups in total. The van der Waals surface area contributed by atoms with Crippen molar-refractivity contribution in [3.63, 3.8) is 0 Å². The van der Waals surface area contributed by atoms with E-state index >= 15 is 0 Å². The molecule has 3 nitrogen and oxygen atoms in total. The Balaban J connectivity index is -0.0000000600. The van der Waals surface area contributed by atoms with Crippen molar-refractivity contribution in [2.24, 2.45) is 0 Å². The SMILES string of the molecule is C.C.CCOC(=O)OC.[V]. The van der Waals surface area contributed by atoms with Gasteiger partial charge in [0.05, 0.1) is 13.7 Å². The minimum absolute atomic E-state index is 0. The minimum atomic E-state index is -0.623. The van der Waals surface area contributed by atoms with Crippen molar-refractivity contribution >= 4 is 6.16 Å². The Kier molecular flexibility index (Phi) is 35.9. The number of rotatable bonds is 1. The Hall–Kier alpha value is -0.146. The number of carbonyl (C=O) groups is 1. The van der Waals surface area contributed by atoms with E-state index in [2.05, 4.69) is 9.47 Å². The van der Waals surface area contributed by atoms with Crippen molar-refractivity contribution in [3.05, 3.63) is 0 Å². The van der Waals surface area contributed by atoms with Crippen LogP contribution < -0.4 is 0 Å². The van der Waals surface area contributed by atoms with Crippen LogP contribution in [0.5, 0.6) is 0 Å². The summed E-state index contributed by atoms with van der Waals surface area (Å²) in [4.78, 5) is 9.97. The van der Waals surface area contributed by atoms with Gasteiger partial charge in [-0.1, -0.05) is 14.9 Å². The van der Waals surface area contributed by atoms with Crippen molar-refractivity contribution in [3.8, 4) is 0 Å². The molecule has 4 heteroatoms. The molecule has 0 aromatic rings. The molecular weight excluding hydrogens is 171 g/mol. The zero-order valence-electron chi connectivity index (χ0n) is 4.88. The molecule has 10 heavy (non-hydrogen) atoms. The molecule has 1 radical (unpaired) electrons. The third kappa shape index (κ3) is 15.7. The first-order valence-electron chi connectivity index (χ1n) is 2.02. The van der Waals surface area contributed by atoms with E-state index in [9.17, 15) is 4.79 Å². The summed E-state index contributed by atoms with van der Waals surface area (Å²) < 4.78 is 8.46. The molecule has 0 saturated carbocycles. The first kappa shape index (κ1) is 22.5. The maximum atomic E-state index is 9.97. The molecule has 0 fully saturated rings. The van der Waals surface area contributed by atoms with Crippen LogP contribution in [0.25, 0.3) is 0 Å². The predicted molar refractivity (Wildman–Crippen MR) is 37.5 cm³/mol. The molecule has 0 aromatic carbocycles. The van der Waals surface area contributed by atoms with Gasteiger partial charge in [0.2, 0.25) is 0 Å². The van der Waals surface area contributed by atoms with E-state index in [4.69, 9.17) is 0 Å². The van der Waals surface area contributed by atoms with Crippen molar-refractivity contribution in [2.75, 3.05) is 13.7 Å². The summed E-state index contributed by atoms with van der Waals surface area (Å²) in [7, 11) is 1.28. The van der Waals surface area contributed by atoms with Gasteiger partial charge in [-0.2, -0.15) is 0 Å². The second-order valence-electron chi connectivity index (χ2n) is 0.887. The van der Waals surface area contributed by atoms with Crippen molar-refractivity contribution in [1.82, 2.24) is 0 Å². The van der Waals surface area contributed by atoms with Crippen LogP contribution in [0.1, 0.15) is 21.8 Å². The molecule has 0 aliphatic heterocycles. The molecule has 0 heterocycles. The van der Waals surface area contributed by atoms with E-state index in [0.29, 0.717) is 6.61 Å². The monoisotopic (exact) mass is 187 g/mol. The zero-order valence-corrected chi connectivity index (χ0v) is 6.28. The van der Waals surface area contributed by atoms with E-state index in [-0.39, 0.29) is 33.4 Å². The van der Waals surface area contributed by atoms with E-state index < -0.39 is 6.16 Å². The standard InChI is InChI=1S/C4H8O3.2CH4.V/c1-3-7-4(5)6-2;;;/h3H2,1-2H3;2*1H4;. The van der Waals surface area contributed by atoms with E-state index in [1.165, 1.54) is 7.11 Å². The topological polar surface area (TPSA) is 35.5 Å². The second-order valence-corrected chi connectivity index (χ2v) is 0.887. The van der Waals surface area contributed by atoms with Gasteiger partial charge in [0.25, 0.3) is 0 Å². The fraction of sp³-hybridized carbons (Fsp3) is 0.833. The Morgan fingerprint density at radius 3 is 1.90 bits per heavy atom. The van der Waals surface area contributed by atoms with Gasteiger partial charge in [0.1, 0.15) is 0 Å². The first-order valence-corrected chi connectivity index (χ1v) is 2.02. The molecule has 0 spiro atoms. The molecule has 0 saturated heterocycles. The normalized spacial score (nSPS) is 5.40. The van der Waals surface area contributed by atoms with Crippen LogP contribution >= 0.6 is 0 Å². The Morgan fingerprint density at radius 1 is 1.40 bits per heavy atom. The van der Waals surface area contributed by atoms with Crippen molar-refractivity contribution in [1.29, 1.82) is 0 Å². The fourth-order valence-electron chi connectivity index (χ4n) is 0.177. The molecule has 0 rings (SSSR count). The first-order chi connectivity index (χ1) is 3.31. The number of methoxy groups -OCH3 is 1. The summed E-state index contributed by atoms with van der Waals surface area (Å²) in [6, 6.07) is 0. The average molecular weight is 187 g/mol. The van der Waals surface area contributed by atoms with Crippen molar-refractivity contribution < 1.29 is 32.8 Å². The maximum absolute atomic E-state index is 9.97. The van der Waals surface area contributed by atoms with Crippen LogP contribution in [0.3, 0.4) is 0 Å². The quantitative estimate of drug-likeness (QED) is 0.589. The Labute approximate surface area is 75.0 Å². The van der Waals surface area contributed by atoms with E-state index in [1.807, 2.05) is 0 Å². The predicted octanol–water partition coefficient (Wildman–Crippen LogP) is 2.06. The molecule has 0 aliphatic rings.